The first kappa shape index (κ1) is 18.1. The third kappa shape index (κ3) is 5.63. The van der Waals surface area contributed by atoms with E-state index in [-0.39, 0.29) is 0 Å². The van der Waals surface area contributed by atoms with Gasteiger partial charge in [0.25, 0.3) is 0 Å². The highest BCUT2D eigenvalue weighted by molar-refractivity contribution is 5.79. The Bertz CT molecular complexity index is 567. The topological polar surface area (TPSA) is 48.9 Å². The highest BCUT2D eigenvalue weighted by Crippen LogP contribution is 2.25. The molecule has 1 fully saturated rings. The van der Waals surface area contributed by atoms with Crippen LogP contribution in [0.2, 0.25) is 0 Å². The van der Waals surface area contributed by atoms with E-state index < -0.39 is 0 Å². The summed E-state index contributed by atoms with van der Waals surface area (Å²) in [5, 5.41) is 6.81. The zero-order valence-corrected chi connectivity index (χ0v) is 15.5. The number of rotatable bonds is 7. The van der Waals surface area contributed by atoms with Crippen molar-refractivity contribution in [2.45, 2.75) is 39.0 Å². The van der Waals surface area contributed by atoms with E-state index in [2.05, 4.69) is 40.7 Å². The number of fused-ring (bicyclic) bond motifs is 1. The van der Waals surface area contributed by atoms with Crippen molar-refractivity contribution in [2.75, 3.05) is 45.9 Å². The summed E-state index contributed by atoms with van der Waals surface area (Å²) in [5.74, 6) is 1.99. The van der Waals surface area contributed by atoms with Gasteiger partial charge in [0.15, 0.2) is 5.96 Å². The van der Waals surface area contributed by atoms with Gasteiger partial charge in [0.1, 0.15) is 5.75 Å². The van der Waals surface area contributed by atoms with Gasteiger partial charge >= 0.3 is 0 Å². The molecule has 0 atom stereocenters. The molecule has 1 saturated heterocycles. The molecular formula is C20H32N4O. The molecule has 0 aromatic heterocycles. The molecule has 0 radical (unpaired) electrons. The first-order chi connectivity index (χ1) is 12.3. The second kappa shape index (κ2) is 9.66. The van der Waals surface area contributed by atoms with Crippen LogP contribution in [0.15, 0.2) is 23.2 Å². The molecule has 5 heteroatoms. The fourth-order valence-corrected chi connectivity index (χ4v) is 3.55. The van der Waals surface area contributed by atoms with Gasteiger partial charge in [-0.05, 0) is 56.5 Å². The van der Waals surface area contributed by atoms with Gasteiger partial charge in [-0.2, -0.15) is 0 Å². The minimum absolute atomic E-state index is 0.825. The number of hydrogen-bond acceptors (Lipinski definition) is 3. The molecule has 1 aromatic carbocycles. The lowest BCUT2D eigenvalue weighted by atomic mass is 10.1. The molecule has 2 aliphatic rings. The molecule has 0 spiro atoms. The first-order valence-corrected chi connectivity index (χ1v) is 9.84. The number of benzene rings is 1. The lowest BCUT2D eigenvalue weighted by Gasteiger charge is -2.25. The summed E-state index contributed by atoms with van der Waals surface area (Å²) in [7, 11) is 0. The third-order valence-electron chi connectivity index (χ3n) is 4.94. The van der Waals surface area contributed by atoms with Crippen molar-refractivity contribution in [3.8, 4) is 5.75 Å². The lowest BCUT2D eigenvalue weighted by molar-refractivity contribution is 0.235. The number of hydrogen-bond donors (Lipinski definition) is 2. The summed E-state index contributed by atoms with van der Waals surface area (Å²) in [6.07, 6.45) is 6.11. The number of aliphatic imine (C=N–C) groups is 1. The van der Waals surface area contributed by atoms with Crippen molar-refractivity contribution in [3.63, 3.8) is 0 Å². The van der Waals surface area contributed by atoms with E-state index in [1.54, 1.807) is 0 Å². The van der Waals surface area contributed by atoms with E-state index in [1.165, 1.54) is 43.5 Å². The first-order valence-electron chi connectivity index (χ1n) is 9.84. The smallest absolute Gasteiger partial charge is 0.191 e. The van der Waals surface area contributed by atoms with E-state index in [0.717, 1.165) is 57.3 Å². The Kier molecular flexibility index (Phi) is 6.98. The molecule has 5 nitrogen and oxygen atoms in total. The van der Waals surface area contributed by atoms with E-state index >= 15 is 0 Å². The fourth-order valence-electron chi connectivity index (χ4n) is 3.55. The molecule has 0 amide bonds. The molecule has 0 saturated carbocycles. The van der Waals surface area contributed by atoms with Crippen molar-refractivity contribution in [1.29, 1.82) is 0 Å². The monoisotopic (exact) mass is 344 g/mol. The molecule has 0 bridgehead atoms. The highest BCUT2D eigenvalue weighted by atomic mass is 16.5. The Morgan fingerprint density at radius 3 is 2.92 bits per heavy atom. The maximum atomic E-state index is 5.57. The van der Waals surface area contributed by atoms with Crippen LogP contribution in [-0.2, 0) is 12.8 Å². The highest BCUT2D eigenvalue weighted by Gasteiger charge is 2.12. The summed E-state index contributed by atoms with van der Waals surface area (Å²) < 4.78 is 5.57. The minimum atomic E-state index is 0.825. The molecular weight excluding hydrogens is 312 g/mol. The Morgan fingerprint density at radius 1 is 1.20 bits per heavy atom. The molecule has 3 rings (SSSR count). The number of guanidine groups is 1. The summed E-state index contributed by atoms with van der Waals surface area (Å²) >= 11 is 0. The largest absolute Gasteiger partial charge is 0.493 e. The molecule has 138 valence electrons. The Balaban J connectivity index is 1.42. The van der Waals surface area contributed by atoms with Gasteiger partial charge < -0.3 is 20.3 Å². The number of nitrogens with one attached hydrogen (secondary N) is 2. The summed E-state index contributed by atoms with van der Waals surface area (Å²) in [6, 6.07) is 6.56. The zero-order valence-electron chi connectivity index (χ0n) is 15.5. The van der Waals surface area contributed by atoms with Crippen molar-refractivity contribution in [3.05, 3.63) is 29.3 Å². The average Bonchev–Trinajstić information content (AvgIpc) is 3.10. The Morgan fingerprint density at radius 2 is 2.08 bits per heavy atom. The van der Waals surface area contributed by atoms with E-state index in [9.17, 15) is 0 Å². The molecule has 2 N–H and O–H groups in total. The van der Waals surface area contributed by atoms with Gasteiger partial charge in [0, 0.05) is 26.1 Å². The Labute approximate surface area is 151 Å². The van der Waals surface area contributed by atoms with Gasteiger partial charge in [-0.15, -0.1) is 0 Å². The quantitative estimate of drug-likeness (QED) is 0.588. The van der Waals surface area contributed by atoms with Crippen LogP contribution in [0.3, 0.4) is 0 Å². The van der Waals surface area contributed by atoms with Crippen LogP contribution in [0, 0.1) is 0 Å². The lowest BCUT2D eigenvalue weighted by Crippen LogP contribution is -2.39. The SMILES string of the molecule is CCNC(=NCCN1CCCCC1)NCCc1ccc2c(c1)CCO2. The van der Waals surface area contributed by atoms with Crippen LogP contribution >= 0.6 is 0 Å². The predicted octanol–water partition coefficient (Wildman–Crippen LogP) is 2.21. The second-order valence-electron chi connectivity index (χ2n) is 6.88. The van der Waals surface area contributed by atoms with E-state index in [1.807, 2.05) is 0 Å². The van der Waals surface area contributed by atoms with Crippen LogP contribution in [-0.4, -0.2) is 56.7 Å². The maximum absolute atomic E-state index is 5.57. The van der Waals surface area contributed by atoms with Gasteiger partial charge in [-0.3, -0.25) is 4.99 Å². The summed E-state index contributed by atoms with van der Waals surface area (Å²) in [5.41, 5.74) is 2.71. The maximum Gasteiger partial charge on any atom is 0.191 e. The van der Waals surface area contributed by atoms with Crippen molar-refractivity contribution in [2.24, 2.45) is 4.99 Å². The van der Waals surface area contributed by atoms with E-state index in [0.29, 0.717) is 0 Å². The van der Waals surface area contributed by atoms with Crippen molar-refractivity contribution < 1.29 is 4.74 Å². The molecule has 0 unspecified atom stereocenters. The number of piperidine rings is 1. The van der Waals surface area contributed by atoms with Gasteiger partial charge in [0.2, 0.25) is 0 Å². The molecule has 2 aliphatic heterocycles. The molecule has 1 aromatic rings. The van der Waals surface area contributed by atoms with Crippen LogP contribution < -0.4 is 15.4 Å². The standard InChI is InChI=1S/C20H32N4O/c1-2-21-20(23-11-14-24-12-4-3-5-13-24)22-10-8-17-6-7-19-18(16-17)9-15-25-19/h6-7,16H,2-5,8-15H2,1H3,(H2,21,22,23). The molecule has 2 heterocycles. The van der Waals surface area contributed by atoms with Gasteiger partial charge in [-0.1, -0.05) is 18.6 Å². The van der Waals surface area contributed by atoms with Crippen LogP contribution in [0.4, 0.5) is 0 Å². The number of ether oxygens (including phenoxy) is 1. The predicted molar refractivity (Wildman–Crippen MR) is 104 cm³/mol. The second-order valence-corrected chi connectivity index (χ2v) is 6.88. The summed E-state index contributed by atoms with van der Waals surface area (Å²) in [4.78, 5) is 7.26. The summed E-state index contributed by atoms with van der Waals surface area (Å²) in [6.45, 7) is 9.14. The van der Waals surface area contributed by atoms with Crippen LogP contribution in [0.25, 0.3) is 0 Å². The zero-order chi connectivity index (χ0) is 17.3. The van der Waals surface area contributed by atoms with Crippen molar-refractivity contribution in [1.82, 2.24) is 15.5 Å². The van der Waals surface area contributed by atoms with Crippen LogP contribution in [0.1, 0.15) is 37.3 Å². The fraction of sp³-hybridized carbons (Fsp3) is 0.650. The third-order valence-corrected chi connectivity index (χ3v) is 4.94. The van der Waals surface area contributed by atoms with Crippen LogP contribution in [0.5, 0.6) is 5.75 Å². The minimum Gasteiger partial charge on any atom is -0.493 e. The van der Waals surface area contributed by atoms with Gasteiger partial charge in [0.05, 0.1) is 13.2 Å². The number of nitrogens with zero attached hydrogens (tertiary/aromatic N) is 2. The average molecular weight is 345 g/mol. The molecule has 0 aliphatic carbocycles. The molecule has 25 heavy (non-hydrogen) atoms. The van der Waals surface area contributed by atoms with E-state index in [4.69, 9.17) is 9.73 Å². The van der Waals surface area contributed by atoms with Crippen molar-refractivity contribution >= 4 is 5.96 Å². The van der Waals surface area contributed by atoms with Gasteiger partial charge in [-0.25, -0.2) is 0 Å². The number of likely N-dealkylation sites (tertiary alicyclic amines) is 1. The normalized spacial score (nSPS) is 17.9. The Hall–Kier alpha value is -1.75.